The smallest absolute Gasteiger partial charge is 0.369 e. The third-order valence-corrected chi connectivity index (χ3v) is 3.38. The minimum absolute atomic E-state index is 0.0921. The van der Waals surface area contributed by atoms with E-state index in [0.29, 0.717) is 11.8 Å². The molecule has 0 spiro atoms. The second-order valence-corrected chi connectivity index (χ2v) is 4.99. The maximum absolute atomic E-state index is 14.2. The molecular weight excluding hydrogens is 303 g/mol. The van der Waals surface area contributed by atoms with Crippen molar-refractivity contribution in [2.45, 2.75) is 13.5 Å². The van der Waals surface area contributed by atoms with Gasteiger partial charge in [-0.25, -0.2) is 9.48 Å². The average Bonchev–Trinajstić information content (AvgIpc) is 2.98. The van der Waals surface area contributed by atoms with Gasteiger partial charge in [-0.1, -0.05) is 18.2 Å². The average molecular weight is 320 g/mol. The lowest BCUT2D eigenvalue weighted by Gasteiger charge is -2.09. The van der Waals surface area contributed by atoms with Crippen LogP contribution in [0, 0.1) is 12.9 Å². The molecule has 0 bridgehead atoms. The van der Waals surface area contributed by atoms with Crippen LogP contribution in [-0.2, 0) is 20.7 Å². The van der Waals surface area contributed by atoms with Crippen LogP contribution >= 0.6 is 0 Å². The lowest BCUT2D eigenvalue weighted by atomic mass is 10.2. The Morgan fingerprint density at radius 2 is 2.09 bits per heavy atom. The number of aromatic nitrogens is 6. The summed E-state index contributed by atoms with van der Waals surface area (Å²) < 4.78 is 30.6. The second-order valence-electron chi connectivity index (χ2n) is 4.99. The summed E-state index contributed by atoms with van der Waals surface area (Å²) in [4.78, 5) is 12.0. The van der Waals surface area contributed by atoms with Crippen molar-refractivity contribution >= 4 is 0 Å². The number of ether oxygens (including phenoxy) is 1. The first-order valence-electron chi connectivity index (χ1n) is 7.29. The number of rotatable bonds is 4. The number of nitrogens with zero attached hydrogens (tertiary/aromatic N) is 6. The summed E-state index contributed by atoms with van der Waals surface area (Å²) in [5.41, 5.74) is 0.327. The molecule has 2 aromatic heterocycles. The van der Waals surface area contributed by atoms with Crippen LogP contribution in [0.4, 0.5) is 4.39 Å². The third-order valence-electron chi connectivity index (χ3n) is 3.38. The summed E-state index contributed by atoms with van der Waals surface area (Å²) in [6, 6.07) is 5.22. The quantitative estimate of drug-likeness (QED) is 0.708. The van der Waals surface area contributed by atoms with Crippen LogP contribution in [0.1, 0.15) is 12.5 Å². The van der Waals surface area contributed by atoms with E-state index in [1.807, 2.05) is 0 Å². The van der Waals surface area contributed by atoms with Crippen molar-refractivity contribution < 1.29 is 10.5 Å². The van der Waals surface area contributed by atoms with E-state index in [9.17, 15) is 9.18 Å². The molecule has 3 aromatic rings. The van der Waals surface area contributed by atoms with Crippen LogP contribution in [-0.4, -0.2) is 29.6 Å². The normalized spacial score (nSPS) is 11.6. The summed E-state index contributed by atoms with van der Waals surface area (Å²) in [5, 5.41) is 11.0. The van der Waals surface area contributed by atoms with E-state index in [2.05, 4.69) is 15.5 Å². The molecule has 23 heavy (non-hydrogen) atoms. The van der Waals surface area contributed by atoms with Crippen molar-refractivity contribution in [3.05, 3.63) is 51.8 Å². The Hall–Kier alpha value is -2.97. The van der Waals surface area contributed by atoms with Crippen molar-refractivity contribution in [3.8, 4) is 11.6 Å². The maximum Gasteiger partial charge on any atom is 0.369 e. The molecule has 1 aromatic carbocycles. The standard InChI is InChI=1S/C14H15FN6O2/c1-9-6-4-5-7-11(9)23-8-10-12(15)16-19(2)13(10)21-14(22)20(3)17-18-21/h4-7H,8H2,1-3H3/i4T. The van der Waals surface area contributed by atoms with Crippen molar-refractivity contribution in [2.75, 3.05) is 0 Å². The van der Waals surface area contributed by atoms with Crippen molar-refractivity contribution in [2.24, 2.45) is 14.1 Å². The summed E-state index contributed by atoms with van der Waals surface area (Å²) in [5.74, 6) is -0.0770. The number of hydrogen-bond donors (Lipinski definition) is 0. The molecule has 0 fully saturated rings. The van der Waals surface area contributed by atoms with Gasteiger partial charge in [-0.15, -0.1) is 9.78 Å². The highest BCUT2D eigenvalue weighted by atomic mass is 19.1. The molecule has 0 aliphatic carbocycles. The minimum Gasteiger partial charge on any atom is -0.488 e. The fourth-order valence-electron chi connectivity index (χ4n) is 2.17. The van der Waals surface area contributed by atoms with Gasteiger partial charge < -0.3 is 4.74 Å². The van der Waals surface area contributed by atoms with Crippen molar-refractivity contribution in [1.29, 1.82) is 0 Å². The first-order chi connectivity index (χ1) is 11.4. The van der Waals surface area contributed by atoms with Crippen LogP contribution in [0.3, 0.4) is 0 Å². The molecule has 120 valence electrons. The van der Waals surface area contributed by atoms with Crippen LogP contribution in [0.5, 0.6) is 5.75 Å². The van der Waals surface area contributed by atoms with Gasteiger partial charge in [0.05, 0.1) is 6.93 Å². The van der Waals surface area contributed by atoms with E-state index in [1.54, 1.807) is 25.1 Å². The van der Waals surface area contributed by atoms with Crippen molar-refractivity contribution in [1.82, 2.24) is 29.6 Å². The maximum atomic E-state index is 14.2. The number of halogens is 1. The largest absolute Gasteiger partial charge is 0.488 e. The number of tetrazole rings is 1. The fourth-order valence-corrected chi connectivity index (χ4v) is 2.17. The predicted octanol–water partition coefficient (Wildman–Crippen LogP) is 0.726. The van der Waals surface area contributed by atoms with E-state index in [1.165, 1.54) is 18.8 Å². The van der Waals surface area contributed by atoms with E-state index in [4.69, 9.17) is 6.11 Å². The summed E-state index contributed by atoms with van der Waals surface area (Å²) in [7, 11) is 2.95. The molecule has 0 saturated heterocycles. The Morgan fingerprint density at radius 1 is 1.30 bits per heavy atom. The Bertz CT molecular complexity index is 961. The molecule has 0 aliphatic rings. The predicted molar refractivity (Wildman–Crippen MR) is 78.8 cm³/mol. The van der Waals surface area contributed by atoms with Gasteiger partial charge in [-0.2, -0.15) is 9.07 Å². The highest BCUT2D eigenvalue weighted by Crippen LogP contribution is 2.21. The van der Waals surface area contributed by atoms with Crippen LogP contribution in [0.15, 0.2) is 29.0 Å². The molecule has 0 aliphatic heterocycles. The zero-order valence-electron chi connectivity index (χ0n) is 13.8. The van der Waals surface area contributed by atoms with Crippen LogP contribution < -0.4 is 10.4 Å². The van der Waals surface area contributed by atoms with Gasteiger partial charge in [0.1, 0.15) is 12.4 Å². The molecule has 3 rings (SSSR count). The topological polar surface area (TPSA) is 79.8 Å². The Morgan fingerprint density at radius 3 is 2.74 bits per heavy atom. The molecule has 2 heterocycles. The zero-order chi connectivity index (χ0) is 17.4. The van der Waals surface area contributed by atoms with Crippen molar-refractivity contribution in [3.63, 3.8) is 0 Å². The third kappa shape index (κ3) is 2.60. The molecule has 9 heteroatoms. The number of hydrogen-bond acceptors (Lipinski definition) is 5. The lowest BCUT2D eigenvalue weighted by Crippen LogP contribution is -2.24. The van der Waals surface area contributed by atoms with Gasteiger partial charge in [0.25, 0.3) is 0 Å². The first kappa shape index (κ1) is 13.7. The second kappa shape index (κ2) is 5.67. The monoisotopic (exact) mass is 320 g/mol. The number of para-hydroxylation sites is 1. The molecule has 0 atom stereocenters. The molecule has 0 amide bonds. The van der Waals surface area contributed by atoms with Crippen LogP contribution in [0.2, 0.25) is 0 Å². The molecule has 0 saturated carbocycles. The van der Waals surface area contributed by atoms with E-state index in [0.717, 1.165) is 14.9 Å². The molecule has 0 unspecified atom stereocenters. The number of aryl methyl sites for hydroxylation is 3. The number of benzene rings is 1. The van der Waals surface area contributed by atoms with Gasteiger partial charge in [0, 0.05) is 14.1 Å². The van der Waals surface area contributed by atoms with Gasteiger partial charge in [0.15, 0.2) is 5.82 Å². The molecule has 0 N–H and O–H groups in total. The zero-order valence-corrected chi connectivity index (χ0v) is 12.8. The van der Waals surface area contributed by atoms with E-state index >= 15 is 0 Å². The minimum atomic E-state index is -0.750. The van der Waals surface area contributed by atoms with E-state index in [-0.39, 0.29) is 18.0 Å². The Labute approximate surface area is 132 Å². The highest BCUT2D eigenvalue weighted by Gasteiger charge is 2.22. The molecule has 8 nitrogen and oxygen atoms in total. The summed E-state index contributed by atoms with van der Waals surface area (Å²) >= 11 is 0. The Kier molecular flexibility index (Phi) is 3.37. The SMILES string of the molecule is [3H]c1ccc(OCc2c(F)nn(C)c2-n2nnn(C)c2=O)c(C)c1. The molecular formula is C14H15FN6O2. The summed E-state index contributed by atoms with van der Waals surface area (Å²) in [6.07, 6.45) is 0. The fraction of sp³-hybridized carbons (Fsp3) is 0.286. The van der Waals surface area contributed by atoms with E-state index < -0.39 is 11.6 Å². The highest BCUT2D eigenvalue weighted by molar-refractivity contribution is 5.35. The van der Waals surface area contributed by atoms with Gasteiger partial charge in [0.2, 0.25) is 5.95 Å². The lowest BCUT2D eigenvalue weighted by molar-refractivity contribution is 0.297. The van der Waals surface area contributed by atoms with Crippen LogP contribution in [0.25, 0.3) is 5.82 Å². The van der Waals surface area contributed by atoms with Gasteiger partial charge in [-0.05, 0) is 29.0 Å². The van der Waals surface area contributed by atoms with Gasteiger partial charge in [-0.3, -0.25) is 0 Å². The van der Waals surface area contributed by atoms with Gasteiger partial charge >= 0.3 is 5.69 Å². The first-order valence-corrected chi connectivity index (χ1v) is 6.79. The molecule has 0 radical (unpaired) electrons. The summed E-state index contributed by atoms with van der Waals surface area (Å²) in [6.45, 7) is 1.65. The Balaban J connectivity index is 1.97.